The molecule has 0 aliphatic rings. The number of amides is 1. The van der Waals surface area contributed by atoms with Gasteiger partial charge in [0.2, 0.25) is 5.91 Å². The van der Waals surface area contributed by atoms with E-state index in [1.165, 1.54) is 11.8 Å². The molecule has 0 N–H and O–H groups in total. The minimum absolute atomic E-state index is 0.00595. The molecule has 0 spiro atoms. The first kappa shape index (κ1) is 17.5. The number of thioether (sulfide) groups is 1. The van der Waals surface area contributed by atoms with Gasteiger partial charge in [-0.05, 0) is 25.3 Å². The second-order valence-electron chi connectivity index (χ2n) is 4.96. The summed E-state index contributed by atoms with van der Waals surface area (Å²) < 4.78 is 2.02. The topological polar surface area (TPSA) is 74.8 Å². The highest BCUT2D eigenvalue weighted by atomic mass is 32.2. The van der Waals surface area contributed by atoms with E-state index in [1.807, 2.05) is 35.9 Å². The molecule has 2 aromatic heterocycles. The van der Waals surface area contributed by atoms with Crippen molar-refractivity contribution in [3.05, 3.63) is 17.5 Å². The van der Waals surface area contributed by atoms with Gasteiger partial charge in [0, 0.05) is 20.1 Å². The Morgan fingerprint density at radius 1 is 1.57 bits per heavy atom. The van der Waals surface area contributed by atoms with Crippen LogP contribution in [0.15, 0.2) is 22.7 Å². The van der Waals surface area contributed by atoms with E-state index in [0.29, 0.717) is 13.0 Å². The number of carbonyl (C=O) groups is 1. The highest BCUT2D eigenvalue weighted by molar-refractivity contribution is 8.00. The lowest BCUT2D eigenvalue weighted by Gasteiger charge is -2.19. The summed E-state index contributed by atoms with van der Waals surface area (Å²) in [4.78, 5) is 15.0. The molecule has 2 aromatic rings. The Balaban J connectivity index is 2.11. The van der Waals surface area contributed by atoms with Gasteiger partial charge in [-0.25, -0.2) is 0 Å². The third-order valence-electron chi connectivity index (χ3n) is 3.34. The molecule has 6 nitrogen and oxygen atoms in total. The van der Waals surface area contributed by atoms with Crippen LogP contribution in [0.3, 0.4) is 0 Å². The summed E-state index contributed by atoms with van der Waals surface area (Å²) in [6.07, 6.45) is 0.341. The smallest absolute Gasteiger partial charge is 0.235 e. The quantitative estimate of drug-likeness (QED) is 0.719. The normalized spacial score (nSPS) is 11.9. The standard InChI is InChI=1S/C15H19N5OS2/c1-4-20-13(12-7-5-10-22-12)17-18-15(20)23-11(2)14(21)19(3)9-6-8-16/h5,7,10-11H,4,6,9H2,1-3H3/t11-/m0/s1. The SMILES string of the molecule is CCn1c(S[C@@H](C)C(=O)N(C)CCC#N)nnc1-c1cccs1. The molecule has 2 heterocycles. The van der Waals surface area contributed by atoms with Crippen molar-refractivity contribution in [2.45, 2.75) is 37.2 Å². The summed E-state index contributed by atoms with van der Waals surface area (Å²) >= 11 is 3.02. The van der Waals surface area contributed by atoms with Crippen LogP contribution < -0.4 is 0 Å². The first-order valence-corrected chi connectivity index (χ1v) is 9.10. The van der Waals surface area contributed by atoms with Crippen LogP contribution >= 0.6 is 23.1 Å². The number of nitrogens with zero attached hydrogens (tertiary/aromatic N) is 5. The summed E-state index contributed by atoms with van der Waals surface area (Å²) in [5, 5.41) is 19.6. The van der Waals surface area contributed by atoms with Crippen LogP contribution in [0.2, 0.25) is 0 Å². The second-order valence-corrected chi connectivity index (χ2v) is 7.21. The number of aromatic nitrogens is 3. The fourth-order valence-electron chi connectivity index (χ4n) is 2.10. The Kier molecular flexibility index (Phi) is 6.19. The zero-order valence-corrected chi connectivity index (χ0v) is 15.0. The summed E-state index contributed by atoms with van der Waals surface area (Å²) in [5.41, 5.74) is 0. The first-order chi connectivity index (χ1) is 11.1. The molecule has 0 aliphatic carbocycles. The molecule has 0 fully saturated rings. The van der Waals surface area contributed by atoms with Gasteiger partial charge in [-0.15, -0.1) is 21.5 Å². The maximum atomic E-state index is 12.3. The third-order valence-corrected chi connectivity index (χ3v) is 5.27. The molecular formula is C15H19N5OS2. The highest BCUT2D eigenvalue weighted by Crippen LogP contribution is 2.29. The number of thiophene rings is 1. The van der Waals surface area contributed by atoms with Gasteiger partial charge in [0.05, 0.1) is 22.6 Å². The van der Waals surface area contributed by atoms with Crippen molar-refractivity contribution >= 4 is 29.0 Å². The van der Waals surface area contributed by atoms with Gasteiger partial charge in [0.1, 0.15) is 0 Å². The average Bonchev–Trinajstić information content (AvgIpc) is 3.20. The summed E-state index contributed by atoms with van der Waals surface area (Å²) in [5.74, 6) is 0.830. The predicted molar refractivity (Wildman–Crippen MR) is 92.2 cm³/mol. The monoisotopic (exact) mass is 349 g/mol. The van der Waals surface area contributed by atoms with E-state index in [4.69, 9.17) is 5.26 Å². The lowest BCUT2D eigenvalue weighted by molar-refractivity contribution is -0.128. The highest BCUT2D eigenvalue weighted by Gasteiger charge is 2.22. The van der Waals surface area contributed by atoms with Crippen LogP contribution in [-0.2, 0) is 11.3 Å². The van der Waals surface area contributed by atoms with Crippen molar-refractivity contribution in [1.29, 1.82) is 5.26 Å². The molecule has 0 aliphatic heterocycles. The van der Waals surface area contributed by atoms with Crippen molar-refractivity contribution in [3.63, 3.8) is 0 Å². The van der Waals surface area contributed by atoms with E-state index in [9.17, 15) is 4.79 Å². The Morgan fingerprint density at radius 3 is 2.96 bits per heavy atom. The first-order valence-electron chi connectivity index (χ1n) is 7.34. The van der Waals surface area contributed by atoms with E-state index < -0.39 is 0 Å². The van der Waals surface area contributed by atoms with E-state index in [1.54, 1.807) is 23.3 Å². The number of hydrogen-bond donors (Lipinski definition) is 0. The van der Waals surface area contributed by atoms with E-state index in [-0.39, 0.29) is 11.2 Å². The molecule has 1 atom stereocenters. The Bertz CT molecular complexity index is 689. The van der Waals surface area contributed by atoms with Crippen LogP contribution in [0.1, 0.15) is 20.3 Å². The Labute approximate surface area is 144 Å². The van der Waals surface area contributed by atoms with E-state index in [2.05, 4.69) is 16.3 Å². The molecule has 0 bridgehead atoms. The largest absolute Gasteiger partial charge is 0.344 e. The molecule has 0 unspecified atom stereocenters. The lowest BCUT2D eigenvalue weighted by Crippen LogP contribution is -2.34. The number of nitriles is 1. The Morgan fingerprint density at radius 2 is 2.35 bits per heavy atom. The molecular weight excluding hydrogens is 330 g/mol. The van der Waals surface area contributed by atoms with Crippen LogP contribution in [0.25, 0.3) is 10.7 Å². The fourth-order valence-corrected chi connectivity index (χ4v) is 3.84. The third kappa shape index (κ3) is 4.12. The molecule has 8 heteroatoms. The van der Waals surface area contributed by atoms with Gasteiger partial charge < -0.3 is 9.47 Å². The van der Waals surface area contributed by atoms with Crippen LogP contribution in [0.4, 0.5) is 0 Å². The van der Waals surface area contributed by atoms with Gasteiger partial charge in [0.15, 0.2) is 11.0 Å². The number of carbonyl (C=O) groups excluding carboxylic acids is 1. The zero-order chi connectivity index (χ0) is 16.8. The van der Waals surface area contributed by atoms with Gasteiger partial charge in [-0.3, -0.25) is 4.79 Å². The van der Waals surface area contributed by atoms with E-state index >= 15 is 0 Å². The maximum Gasteiger partial charge on any atom is 0.235 e. The van der Waals surface area contributed by atoms with Gasteiger partial charge in [-0.1, -0.05) is 17.8 Å². The summed E-state index contributed by atoms with van der Waals surface area (Å²) in [6, 6.07) is 6.05. The molecule has 1 amide bonds. The molecule has 0 radical (unpaired) electrons. The Hall–Kier alpha value is -1.85. The minimum Gasteiger partial charge on any atom is -0.344 e. The second kappa shape index (κ2) is 8.13. The zero-order valence-electron chi connectivity index (χ0n) is 13.4. The lowest BCUT2D eigenvalue weighted by atomic mass is 10.3. The molecule has 122 valence electrons. The molecule has 23 heavy (non-hydrogen) atoms. The number of rotatable bonds is 7. The van der Waals surface area contributed by atoms with Crippen molar-refractivity contribution in [1.82, 2.24) is 19.7 Å². The van der Waals surface area contributed by atoms with Gasteiger partial charge >= 0.3 is 0 Å². The van der Waals surface area contributed by atoms with Crippen molar-refractivity contribution in [3.8, 4) is 16.8 Å². The van der Waals surface area contributed by atoms with Gasteiger partial charge in [-0.2, -0.15) is 5.26 Å². The average molecular weight is 349 g/mol. The van der Waals surface area contributed by atoms with Crippen LogP contribution in [0, 0.1) is 11.3 Å². The maximum absolute atomic E-state index is 12.3. The summed E-state index contributed by atoms with van der Waals surface area (Å²) in [6.45, 7) is 5.08. The predicted octanol–water partition coefficient (Wildman–Crippen LogP) is 2.88. The van der Waals surface area contributed by atoms with Crippen molar-refractivity contribution in [2.24, 2.45) is 0 Å². The molecule has 0 aromatic carbocycles. The fraction of sp³-hybridized carbons (Fsp3) is 0.467. The van der Waals surface area contributed by atoms with Crippen LogP contribution in [0.5, 0.6) is 0 Å². The van der Waals surface area contributed by atoms with Crippen LogP contribution in [-0.4, -0.2) is 44.4 Å². The summed E-state index contributed by atoms with van der Waals surface area (Å²) in [7, 11) is 1.72. The molecule has 0 saturated carbocycles. The van der Waals surface area contributed by atoms with Crippen molar-refractivity contribution in [2.75, 3.05) is 13.6 Å². The van der Waals surface area contributed by atoms with E-state index in [0.717, 1.165) is 22.4 Å². The minimum atomic E-state index is -0.274. The molecule has 2 rings (SSSR count). The van der Waals surface area contributed by atoms with Gasteiger partial charge in [0.25, 0.3) is 0 Å². The number of hydrogen-bond acceptors (Lipinski definition) is 6. The van der Waals surface area contributed by atoms with Crippen molar-refractivity contribution < 1.29 is 4.79 Å². The molecule has 0 saturated heterocycles.